The van der Waals surface area contributed by atoms with Crippen molar-refractivity contribution >= 4 is 32.7 Å². The Labute approximate surface area is 163 Å². The average Bonchev–Trinajstić information content (AvgIpc) is 2.65. The number of halogens is 1. The Morgan fingerprint density at radius 1 is 1.22 bits per heavy atom. The van der Waals surface area contributed by atoms with Crippen LogP contribution in [0, 0.1) is 0 Å². The number of ether oxygens (including phenoxy) is 1. The fourth-order valence-electron chi connectivity index (χ4n) is 2.87. The second kappa shape index (κ2) is 7.79. The molecule has 1 amide bonds. The zero-order valence-corrected chi connectivity index (χ0v) is 16.4. The molecule has 1 aromatic heterocycles. The molecule has 0 radical (unpaired) electrons. The monoisotopic (exact) mass is 431 g/mol. The van der Waals surface area contributed by atoms with E-state index in [9.17, 15) is 14.4 Å². The highest BCUT2D eigenvalue weighted by atomic mass is 79.9. The number of carbonyl (C=O) groups is 1. The van der Waals surface area contributed by atoms with Gasteiger partial charge in [0.05, 0.1) is 18.0 Å². The molecule has 2 aromatic carbocycles. The third-order valence-corrected chi connectivity index (χ3v) is 4.77. The first kappa shape index (κ1) is 18.9. The van der Waals surface area contributed by atoms with Gasteiger partial charge < -0.3 is 9.64 Å². The lowest BCUT2D eigenvalue weighted by Gasteiger charge is -2.20. The third-order valence-electron chi connectivity index (χ3n) is 4.27. The molecule has 8 heteroatoms. The van der Waals surface area contributed by atoms with Gasteiger partial charge in [0.15, 0.2) is 0 Å². The molecule has 140 valence electrons. The van der Waals surface area contributed by atoms with Crippen molar-refractivity contribution in [1.29, 1.82) is 0 Å². The highest BCUT2D eigenvalue weighted by Crippen LogP contribution is 2.24. The molecule has 0 saturated carbocycles. The van der Waals surface area contributed by atoms with Crippen molar-refractivity contribution in [2.24, 2.45) is 0 Å². The summed E-state index contributed by atoms with van der Waals surface area (Å²) in [5, 5.41) is 0.362. The van der Waals surface area contributed by atoms with Crippen molar-refractivity contribution < 1.29 is 9.53 Å². The van der Waals surface area contributed by atoms with E-state index in [1.807, 2.05) is 18.2 Å². The van der Waals surface area contributed by atoms with Crippen LogP contribution in [0.25, 0.3) is 10.9 Å². The van der Waals surface area contributed by atoms with Crippen molar-refractivity contribution in [2.75, 3.05) is 14.2 Å². The number of carbonyl (C=O) groups excluding carboxylic acids is 1. The van der Waals surface area contributed by atoms with Gasteiger partial charge in [-0.05, 0) is 30.3 Å². The van der Waals surface area contributed by atoms with Crippen molar-refractivity contribution in [2.45, 2.75) is 13.1 Å². The van der Waals surface area contributed by atoms with E-state index in [4.69, 9.17) is 4.74 Å². The maximum atomic E-state index is 12.7. The number of likely N-dealkylation sites (N-methyl/N-ethyl adjacent to an activating group) is 1. The van der Waals surface area contributed by atoms with Crippen LogP contribution >= 0.6 is 15.9 Å². The topological polar surface area (TPSA) is 84.4 Å². The number of nitrogens with one attached hydrogen (secondary N) is 1. The number of hydrogen-bond acceptors (Lipinski definition) is 4. The Morgan fingerprint density at radius 2 is 1.96 bits per heavy atom. The highest BCUT2D eigenvalue weighted by Gasteiger charge is 2.16. The molecule has 0 saturated heterocycles. The van der Waals surface area contributed by atoms with Crippen molar-refractivity contribution in [3.63, 3.8) is 0 Å². The molecule has 0 aliphatic heterocycles. The summed E-state index contributed by atoms with van der Waals surface area (Å²) in [7, 11) is 3.22. The van der Waals surface area contributed by atoms with Crippen molar-refractivity contribution in [1.82, 2.24) is 14.5 Å². The fraction of sp³-hybridized carbons (Fsp3) is 0.211. The number of aromatic amines is 1. The van der Waals surface area contributed by atoms with Gasteiger partial charge in [0.1, 0.15) is 12.3 Å². The van der Waals surface area contributed by atoms with Gasteiger partial charge in [-0.3, -0.25) is 19.1 Å². The Balaban J connectivity index is 1.88. The smallest absolute Gasteiger partial charge is 0.329 e. The Bertz CT molecular complexity index is 1120. The summed E-state index contributed by atoms with van der Waals surface area (Å²) < 4.78 is 7.48. The van der Waals surface area contributed by atoms with Gasteiger partial charge in [-0.2, -0.15) is 0 Å². The molecular formula is C19H18BrN3O4. The van der Waals surface area contributed by atoms with Gasteiger partial charge in [-0.1, -0.05) is 28.1 Å². The molecule has 1 heterocycles. The van der Waals surface area contributed by atoms with E-state index >= 15 is 0 Å². The van der Waals surface area contributed by atoms with E-state index in [0.29, 0.717) is 23.2 Å². The zero-order valence-electron chi connectivity index (χ0n) is 14.9. The summed E-state index contributed by atoms with van der Waals surface area (Å²) in [5.74, 6) is 0.404. The van der Waals surface area contributed by atoms with E-state index < -0.39 is 11.2 Å². The molecule has 3 rings (SSSR count). The van der Waals surface area contributed by atoms with Crippen molar-refractivity contribution in [3.05, 3.63) is 73.3 Å². The lowest BCUT2D eigenvalue weighted by atomic mass is 10.2. The number of amides is 1. The molecule has 0 atom stereocenters. The first-order chi connectivity index (χ1) is 12.9. The number of aromatic nitrogens is 2. The molecule has 0 bridgehead atoms. The van der Waals surface area contributed by atoms with Crippen LogP contribution < -0.4 is 16.0 Å². The van der Waals surface area contributed by atoms with Crippen LogP contribution in [0.2, 0.25) is 0 Å². The van der Waals surface area contributed by atoms with Crippen LogP contribution in [-0.2, 0) is 17.9 Å². The van der Waals surface area contributed by atoms with Gasteiger partial charge in [0.2, 0.25) is 5.91 Å². The number of fused-ring (bicyclic) bond motifs is 1. The Morgan fingerprint density at radius 3 is 2.70 bits per heavy atom. The number of H-pyrrole nitrogens is 1. The molecular weight excluding hydrogens is 414 g/mol. The minimum absolute atomic E-state index is 0.178. The van der Waals surface area contributed by atoms with Crippen molar-refractivity contribution in [3.8, 4) is 5.75 Å². The molecule has 0 fully saturated rings. The maximum Gasteiger partial charge on any atom is 0.329 e. The Kier molecular flexibility index (Phi) is 5.46. The van der Waals surface area contributed by atoms with E-state index in [1.165, 1.54) is 9.47 Å². The molecule has 3 aromatic rings. The van der Waals surface area contributed by atoms with Gasteiger partial charge in [0, 0.05) is 23.6 Å². The number of rotatable bonds is 5. The third kappa shape index (κ3) is 3.95. The van der Waals surface area contributed by atoms with E-state index in [1.54, 1.807) is 38.4 Å². The second-order valence-electron chi connectivity index (χ2n) is 6.07. The summed E-state index contributed by atoms with van der Waals surface area (Å²) in [6.07, 6.45) is 0. The normalized spacial score (nSPS) is 10.8. The number of methoxy groups -OCH3 is 1. The molecule has 0 aliphatic rings. The number of hydrogen-bond donors (Lipinski definition) is 1. The van der Waals surface area contributed by atoms with Crippen LogP contribution in [0.5, 0.6) is 5.75 Å². The maximum absolute atomic E-state index is 12.7. The van der Waals surface area contributed by atoms with Crippen LogP contribution in [0.3, 0.4) is 0 Å². The molecule has 27 heavy (non-hydrogen) atoms. The minimum Gasteiger partial charge on any atom is -0.496 e. The quantitative estimate of drug-likeness (QED) is 0.670. The lowest BCUT2D eigenvalue weighted by Crippen LogP contribution is -2.37. The minimum atomic E-state index is -0.611. The molecule has 0 spiro atoms. The van der Waals surface area contributed by atoms with E-state index in [-0.39, 0.29) is 12.5 Å². The van der Waals surface area contributed by atoms with Gasteiger partial charge >= 0.3 is 5.69 Å². The van der Waals surface area contributed by atoms with E-state index in [2.05, 4.69) is 20.9 Å². The van der Waals surface area contributed by atoms with E-state index in [0.717, 1.165) is 10.0 Å². The van der Waals surface area contributed by atoms with Gasteiger partial charge in [-0.25, -0.2) is 4.79 Å². The summed E-state index contributed by atoms with van der Waals surface area (Å²) in [6.45, 7) is 0.139. The van der Waals surface area contributed by atoms with Gasteiger partial charge in [0.25, 0.3) is 5.56 Å². The Hall–Kier alpha value is -2.87. The van der Waals surface area contributed by atoms with Crippen LogP contribution in [0.1, 0.15) is 5.56 Å². The molecule has 0 aliphatic carbocycles. The number of nitrogens with zero attached hydrogens (tertiary/aromatic N) is 2. The summed E-state index contributed by atoms with van der Waals surface area (Å²) in [6, 6.07) is 12.2. The van der Waals surface area contributed by atoms with Crippen LogP contribution in [0.4, 0.5) is 0 Å². The summed E-state index contributed by atoms with van der Waals surface area (Å²) >= 11 is 3.41. The first-order valence-electron chi connectivity index (χ1n) is 8.19. The molecule has 0 unspecified atom stereocenters. The number of para-hydroxylation sites is 1. The number of benzene rings is 2. The van der Waals surface area contributed by atoms with Crippen LogP contribution in [0.15, 0.2) is 56.5 Å². The standard InChI is InChI=1S/C19H18BrN3O4/c1-22(10-12-9-13(20)7-8-16(12)27-2)17(24)11-23-15-6-4-3-5-14(15)18(25)21-19(23)26/h3-9H,10-11H2,1-2H3,(H,21,25,26). The SMILES string of the molecule is COc1ccc(Br)cc1CN(C)C(=O)Cn1c(=O)[nH]c(=O)c2ccccc21. The highest BCUT2D eigenvalue weighted by molar-refractivity contribution is 9.10. The summed E-state index contributed by atoms with van der Waals surface area (Å²) in [4.78, 5) is 40.6. The average molecular weight is 432 g/mol. The predicted octanol–water partition coefficient (Wildman–Crippen LogP) is 2.12. The summed E-state index contributed by atoms with van der Waals surface area (Å²) in [5.41, 5.74) is 0.182. The van der Waals surface area contributed by atoms with Crippen LogP contribution in [-0.4, -0.2) is 34.5 Å². The second-order valence-corrected chi connectivity index (χ2v) is 6.98. The lowest BCUT2D eigenvalue weighted by molar-refractivity contribution is -0.131. The largest absolute Gasteiger partial charge is 0.496 e. The first-order valence-corrected chi connectivity index (χ1v) is 8.98. The molecule has 1 N–H and O–H groups in total. The fourth-order valence-corrected chi connectivity index (χ4v) is 3.28. The predicted molar refractivity (Wildman–Crippen MR) is 106 cm³/mol. The zero-order chi connectivity index (χ0) is 19.6. The van der Waals surface area contributed by atoms with Gasteiger partial charge in [-0.15, -0.1) is 0 Å². The molecule has 7 nitrogen and oxygen atoms in total.